The molecule has 0 aliphatic carbocycles. The maximum atomic E-state index is 14.0. The van der Waals surface area contributed by atoms with Gasteiger partial charge in [0.2, 0.25) is 0 Å². The second-order valence-electron chi connectivity index (χ2n) is 7.87. The van der Waals surface area contributed by atoms with Crippen LogP contribution in [0.25, 0.3) is 4.85 Å². The zero-order valence-corrected chi connectivity index (χ0v) is 19.1. The molecule has 1 unspecified atom stereocenters. The molecule has 5 nitrogen and oxygen atoms in total. The second kappa shape index (κ2) is 8.14. The first kappa shape index (κ1) is 22.2. The number of rotatable bonds is 4. The number of carbonyl (C=O) groups is 1. The van der Waals surface area contributed by atoms with E-state index in [2.05, 4.69) is 4.85 Å². The lowest BCUT2D eigenvalue weighted by Crippen LogP contribution is -2.57. The molecule has 0 aromatic heterocycles. The lowest BCUT2D eigenvalue weighted by Gasteiger charge is -2.44. The van der Waals surface area contributed by atoms with Crippen molar-refractivity contribution in [1.82, 2.24) is 0 Å². The predicted molar refractivity (Wildman–Crippen MR) is 129 cm³/mol. The minimum Gasteiger partial charge on any atom is -0.365 e. The van der Waals surface area contributed by atoms with Gasteiger partial charge in [-0.1, -0.05) is 48.3 Å². The van der Waals surface area contributed by atoms with Crippen LogP contribution in [0.15, 0.2) is 72.8 Å². The summed E-state index contributed by atoms with van der Waals surface area (Å²) in [6.45, 7) is 11.2. The summed E-state index contributed by atoms with van der Waals surface area (Å²) in [6, 6.07) is 20.1. The van der Waals surface area contributed by atoms with Gasteiger partial charge >= 0.3 is 6.03 Å². The van der Waals surface area contributed by atoms with E-state index in [1.807, 2.05) is 13.8 Å². The SMILES string of the molecule is [C-]#[N+]c1cccc(C2(O)N(c3ccc(Cl)cc3)C(=O)N(c3ccc(Cl)cc3)[C@]2(C)CC)c1. The lowest BCUT2D eigenvalue weighted by molar-refractivity contribution is -0.0117. The largest absolute Gasteiger partial charge is 0.365 e. The lowest BCUT2D eigenvalue weighted by atomic mass is 9.79. The number of benzene rings is 3. The fraction of sp³-hybridized carbons (Fsp3) is 0.200. The number of nitrogens with zero attached hydrogens (tertiary/aromatic N) is 3. The third-order valence-electron chi connectivity index (χ3n) is 6.19. The Bertz CT molecular complexity index is 1210. The van der Waals surface area contributed by atoms with E-state index in [4.69, 9.17) is 29.8 Å². The Hall–Kier alpha value is -3.04. The minimum absolute atomic E-state index is 0.378. The first-order valence-corrected chi connectivity index (χ1v) is 10.9. The van der Waals surface area contributed by atoms with E-state index in [1.165, 1.54) is 4.90 Å². The summed E-state index contributed by atoms with van der Waals surface area (Å²) in [7, 11) is 0. The van der Waals surface area contributed by atoms with Crippen LogP contribution in [0.1, 0.15) is 25.8 Å². The summed E-state index contributed by atoms with van der Waals surface area (Å²) >= 11 is 12.2. The molecule has 2 atom stereocenters. The van der Waals surface area contributed by atoms with Crippen LogP contribution in [0.3, 0.4) is 0 Å². The molecule has 3 aromatic rings. The van der Waals surface area contributed by atoms with Crippen LogP contribution in [0.5, 0.6) is 0 Å². The third-order valence-corrected chi connectivity index (χ3v) is 6.69. The maximum Gasteiger partial charge on any atom is 0.332 e. The second-order valence-corrected chi connectivity index (χ2v) is 8.74. The molecule has 0 bridgehead atoms. The fourth-order valence-electron chi connectivity index (χ4n) is 4.36. The summed E-state index contributed by atoms with van der Waals surface area (Å²) < 4.78 is 0. The van der Waals surface area contributed by atoms with Gasteiger partial charge in [-0.2, -0.15) is 0 Å². The first-order chi connectivity index (χ1) is 15.3. The van der Waals surface area contributed by atoms with Crippen molar-refractivity contribution in [2.24, 2.45) is 0 Å². The number of urea groups is 1. The van der Waals surface area contributed by atoms with E-state index in [-0.39, 0.29) is 0 Å². The van der Waals surface area contributed by atoms with Gasteiger partial charge < -0.3 is 5.11 Å². The fourth-order valence-corrected chi connectivity index (χ4v) is 4.61. The molecule has 7 heteroatoms. The van der Waals surface area contributed by atoms with E-state index in [1.54, 1.807) is 77.7 Å². The molecule has 3 aromatic carbocycles. The van der Waals surface area contributed by atoms with Gasteiger partial charge in [-0.3, -0.25) is 9.80 Å². The van der Waals surface area contributed by atoms with E-state index < -0.39 is 17.3 Å². The number of halogens is 2. The van der Waals surface area contributed by atoms with Crippen LogP contribution >= 0.6 is 23.2 Å². The van der Waals surface area contributed by atoms with E-state index in [0.717, 1.165) is 0 Å². The highest BCUT2D eigenvalue weighted by Gasteiger charge is 2.65. The van der Waals surface area contributed by atoms with Crippen molar-refractivity contribution < 1.29 is 9.90 Å². The predicted octanol–water partition coefficient (Wildman–Crippen LogP) is 7.00. The minimum atomic E-state index is -1.77. The Morgan fingerprint density at radius 3 is 1.97 bits per heavy atom. The Morgan fingerprint density at radius 2 is 1.47 bits per heavy atom. The number of anilines is 2. The quantitative estimate of drug-likeness (QED) is 0.421. The number of aliphatic hydroxyl groups is 1. The molecule has 32 heavy (non-hydrogen) atoms. The summed E-state index contributed by atoms with van der Waals surface area (Å²) in [6.07, 6.45) is 0.435. The van der Waals surface area contributed by atoms with Gasteiger partial charge in [-0.05, 0) is 73.5 Å². The molecule has 1 heterocycles. The van der Waals surface area contributed by atoms with Gasteiger partial charge in [-0.25, -0.2) is 9.64 Å². The van der Waals surface area contributed by atoms with Crippen molar-refractivity contribution in [3.63, 3.8) is 0 Å². The summed E-state index contributed by atoms with van der Waals surface area (Å²) in [5.74, 6) is 0. The standard InChI is InChI=1S/C25H21Cl2N3O2/c1-4-24(2)25(32,17-6-5-7-20(16-17)28-3)30(22-14-10-19(27)11-15-22)23(31)29(24)21-12-8-18(26)9-13-21/h5-16,32H,4H2,1-2H3/t24-,25?/m1/s1. The maximum absolute atomic E-state index is 14.0. The van der Waals surface area contributed by atoms with Gasteiger partial charge in [0, 0.05) is 21.4 Å². The number of hydrogen-bond donors (Lipinski definition) is 1. The zero-order valence-electron chi connectivity index (χ0n) is 17.6. The smallest absolute Gasteiger partial charge is 0.332 e. The molecule has 1 fully saturated rings. The van der Waals surface area contributed by atoms with Gasteiger partial charge in [0.05, 0.1) is 12.1 Å². The molecule has 162 valence electrons. The van der Waals surface area contributed by atoms with Crippen LogP contribution in [0, 0.1) is 6.57 Å². The third kappa shape index (κ3) is 3.23. The van der Waals surface area contributed by atoms with Crippen molar-refractivity contribution in [3.05, 3.63) is 99.8 Å². The molecule has 2 amide bonds. The molecule has 1 aliphatic heterocycles. The number of carbonyl (C=O) groups excluding carboxylic acids is 1. The molecule has 1 aliphatic rings. The Morgan fingerprint density at radius 1 is 0.938 bits per heavy atom. The van der Waals surface area contributed by atoms with Crippen molar-refractivity contribution in [2.75, 3.05) is 9.80 Å². The topological polar surface area (TPSA) is 48.1 Å². The van der Waals surface area contributed by atoms with E-state index >= 15 is 0 Å². The highest BCUT2D eigenvalue weighted by molar-refractivity contribution is 6.31. The van der Waals surface area contributed by atoms with Gasteiger partial charge in [0.15, 0.2) is 11.4 Å². The van der Waals surface area contributed by atoms with Crippen molar-refractivity contribution in [3.8, 4) is 0 Å². The average Bonchev–Trinajstić information content (AvgIpc) is 2.99. The number of hydrogen-bond acceptors (Lipinski definition) is 2. The van der Waals surface area contributed by atoms with Crippen LogP contribution in [-0.2, 0) is 5.72 Å². The van der Waals surface area contributed by atoms with Gasteiger partial charge in [-0.15, -0.1) is 0 Å². The molecule has 0 radical (unpaired) electrons. The monoisotopic (exact) mass is 465 g/mol. The average molecular weight is 466 g/mol. The van der Waals surface area contributed by atoms with Gasteiger partial charge in [0.1, 0.15) is 0 Å². The first-order valence-electron chi connectivity index (χ1n) is 10.1. The van der Waals surface area contributed by atoms with Crippen molar-refractivity contribution >= 4 is 46.3 Å². The number of amides is 2. The molecule has 1 N–H and O–H groups in total. The Kier molecular flexibility index (Phi) is 5.64. The normalized spacial score (nSPS) is 22.8. The van der Waals surface area contributed by atoms with Crippen molar-refractivity contribution in [2.45, 2.75) is 31.5 Å². The molecular formula is C25H21Cl2N3O2. The van der Waals surface area contributed by atoms with Crippen LogP contribution in [0.2, 0.25) is 10.0 Å². The molecule has 0 saturated carbocycles. The molecular weight excluding hydrogens is 445 g/mol. The van der Waals surface area contributed by atoms with Crippen LogP contribution in [-0.4, -0.2) is 16.7 Å². The Balaban J connectivity index is 2.01. The van der Waals surface area contributed by atoms with Crippen LogP contribution < -0.4 is 9.80 Å². The Labute approximate surface area is 197 Å². The van der Waals surface area contributed by atoms with Gasteiger partial charge in [0.25, 0.3) is 0 Å². The highest BCUT2D eigenvalue weighted by Crippen LogP contribution is 2.52. The molecule has 0 spiro atoms. The van der Waals surface area contributed by atoms with E-state index in [9.17, 15) is 9.90 Å². The van der Waals surface area contributed by atoms with E-state index in [0.29, 0.717) is 39.1 Å². The summed E-state index contributed by atoms with van der Waals surface area (Å²) in [4.78, 5) is 20.5. The zero-order chi connectivity index (χ0) is 23.1. The van der Waals surface area contributed by atoms with Crippen molar-refractivity contribution in [1.29, 1.82) is 0 Å². The molecule has 4 rings (SSSR count). The van der Waals surface area contributed by atoms with Crippen LogP contribution in [0.4, 0.5) is 21.9 Å². The molecule has 1 saturated heterocycles. The summed E-state index contributed by atoms with van der Waals surface area (Å²) in [5.41, 5.74) is -0.908. The summed E-state index contributed by atoms with van der Waals surface area (Å²) in [5, 5.41) is 13.5. The highest BCUT2D eigenvalue weighted by atomic mass is 35.5.